The molecule has 0 bridgehead atoms. The van der Waals surface area contributed by atoms with Crippen LogP contribution in [0.1, 0.15) is 42.6 Å². The minimum absolute atomic E-state index is 0.0492. The maximum Gasteiger partial charge on any atom is 0.418 e. The normalized spacial score (nSPS) is 14.4. The van der Waals surface area contributed by atoms with E-state index in [2.05, 4.69) is 24.9 Å². The average molecular weight is 510 g/mol. The lowest BCUT2D eigenvalue weighted by atomic mass is 10.1. The van der Waals surface area contributed by atoms with Gasteiger partial charge in [0.2, 0.25) is 0 Å². The minimum atomic E-state index is -4.62. The van der Waals surface area contributed by atoms with Crippen LogP contribution in [-0.2, 0) is 6.18 Å². The summed E-state index contributed by atoms with van der Waals surface area (Å²) in [6.45, 7) is 2.47. The Morgan fingerprint density at radius 2 is 1.89 bits per heavy atom. The maximum atomic E-state index is 13.8. The summed E-state index contributed by atoms with van der Waals surface area (Å²) in [4.78, 5) is 23.7. The average Bonchev–Trinajstić information content (AvgIpc) is 3.70. The molecular formula is C25H19ClF3N7. The molecule has 7 nitrogen and oxygen atoms in total. The number of halogens is 4. The molecule has 0 aliphatic heterocycles. The predicted molar refractivity (Wildman–Crippen MR) is 128 cm³/mol. The van der Waals surface area contributed by atoms with E-state index in [4.69, 9.17) is 16.9 Å². The van der Waals surface area contributed by atoms with Crippen molar-refractivity contribution in [2.75, 3.05) is 11.4 Å². The monoisotopic (exact) mass is 509 g/mol. The molecule has 1 unspecified atom stereocenters. The number of pyridine rings is 1. The molecule has 3 heterocycles. The SMILES string of the molecule is CC(c1nccnc1-c1ccc(C#N)cn1)N(CC1CC1)c1ncnc2c(C(F)(F)F)cc(Cl)cc12. The molecule has 36 heavy (non-hydrogen) atoms. The number of aromatic nitrogens is 5. The smallest absolute Gasteiger partial charge is 0.347 e. The van der Waals surface area contributed by atoms with Crippen LogP contribution in [-0.4, -0.2) is 31.5 Å². The van der Waals surface area contributed by atoms with Crippen LogP contribution in [0, 0.1) is 17.2 Å². The lowest BCUT2D eigenvalue weighted by molar-refractivity contribution is -0.136. The first-order valence-electron chi connectivity index (χ1n) is 11.2. The Kier molecular flexibility index (Phi) is 6.18. The highest BCUT2D eigenvalue weighted by molar-refractivity contribution is 6.31. The Labute approximate surface area is 209 Å². The summed E-state index contributed by atoms with van der Waals surface area (Å²) in [5.74, 6) is 0.726. The van der Waals surface area contributed by atoms with Crippen molar-refractivity contribution in [1.82, 2.24) is 24.9 Å². The van der Waals surface area contributed by atoms with Gasteiger partial charge in [0, 0.05) is 35.5 Å². The van der Waals surface area contributed by atoms with Gasteiger partial charge in [-0.05, 0) is 49.9 Å². The van der Waals surface area contributed by atoms with Crippen molar-refractivity contribution >= 4 is 28.3 Å². The van der Waals surface area contributed by atoms with Crippen LogP contribution in [0.3, 0.4) is 0 Å². The second-order valence-electron chi connectivity index (χ2n) is 8.65. The van der Waals surface area contributed by atoms with E-state index in [-0.39, 0.29) is 15.9 Å². The Morgan fingerprint density at radius 1 is 1.11 bits per heavy atom. The van der Waals surface area contributed by atoms with Crippen molar-refractivity contribution < 1.29 is 13.2 Å². The maximum absolute atomic E-state index is 13.8. The van der Waals surface area contributed by atoms with E-state index < -0.39 is 17.8 Å². The fourth-order valence-corrected chi connectivity index (χ4v) is 4.39. The molecule has 1 aliphatic rings. The number of anilines is 1. The Bertz CT molecular complexity index is 1460. The summed E-state index contributed by atoms with van der Waals surface area (Å²) in [5, 5.41) is 9.26. The number of alkyl halides is 3. The zero-order chi connectivity index (χ0) is 25.4. The van der Waals surface area contributed by atoms with Gasteiger partial charge in [0.05, 0.1) is 34.1 Å². The number of rotatable bonds is 6. The molecule has 1 atom stereocenters. The topological polar surface area (TPSA) is 91.5 Å². The van der Waals surface area contributed by atoms with Crippen LogP contribution in [0.4, 0.5) is 19.0 Å². The zero-order valence-electron chi connectivity index (χ0n) is 19.0. The Balaban J connectivity index is 1.65. The third-order valence-corrected chi connectivity index (χ3v) is 6.35. The summed E-state index contributed by atoms with van der Waals surface area (Å²) in [6, 6.07) is 7.30. The van der Waals surface area contributed by atoms with Gasteiger partial charge in [-0.25, -0.2) is 9.97 Å². The number of nitrogens with zero attached hydrogens (tertiary/aromatic N) is 7. The Hall–Kier alpha value is -3.84. The molecule has 4 aromatic rings. The zero-order valence-corrected chi connectivity index (χ0v) is 19.8. The molecule has 1 fully saturated rings. The Morgan fingerprint density at radius 3 is 2.56 bits per heavy atom. The van der Waals surface area contributed by atoms with Crippen molar-refractivity contribution in [3.05, 3.63) is 71.0 Å². The van der Waals surface area contributed by atoms with Gasteiger partial charge in [0.1, 0.15) is 23.9 Å². The van der Waals surface area contributed by atoms with E-state index in [1.54, 1.807) is 24.5 Å². The van der Waals surface area contributed by atoms with Gasteiger partial charge < -0.3 is 4.90 Å². The molecule has 3 aromatic heterocycles. The first-order valence-corrected chi connectivity index (χ1v) is 11.6. The van der Waals surface area contributed by atoms with E-state index in [1.807, 2.05) is 17.9 Å². The van der Waals surface area contributed by atoms with Gasteiger partial charge in [-0.1, -0.05) is 11.6 Å². The molecular weight excluding hydrogens is 491 g/mol. The van der Waals surface area contributed by atoms with Crippen LogP contribution >= 0.6 is 11.6 Å². The molecule has 0 N–H and O–H groups in total. The van der Waals surface area contributed by atoms with Gasteiger partial charge in [0.15, 0.2) is 0 Å². The van der Waals surface area contributed by atoms with Gasteiger partial charge in [-0.3, -0.25) is 15.0 Å². The number of benzene rings is 1. The van der Waals surface area contributed by atoms with Gasteiger partial charge >= 0.3 is 6.18 Å². The van der Waals surface area contributed by atoms with Crippen molar-refractivity contribution in [2.24, 2.45) is 5.92 Å². The van der Waals surface area contributed by atoms with E-state index >= 15 is 0 Å². The number of hydrogen-bond donors (Lipinski definition) is 0. The van der Waals surface area contributed by atoms with Crippen molar-refractivity contribution in [2.45, 2.75) is 32.0 Å². The second-order valence-corrected chi connectivity index (χ2v) is 9.09. The summed E-state index contributed by atoms with van der Waals surface area (Å²) in [5.41, 5.74) is 0.929. The third kappa shape index (κ3) is 4.66. The van der Waals surface area contributed by atoms with Gasteiger partial charge in [0.25, 0.3) is 0 Å². The molecule has 182 valence electrons. The number of nitriles is 1. The van der Waals surface area contributed by atoms with Gasteiger partial charge in [-0.15, -0.1) is 0 Å². The van der Waals surface area contributed by atoms with E-state index in [9.17, 15) is 13.2 Å². The molecule has 1 saturated carbocycles. The lowest BCUT2D eigenvalue weighted by Crippen LogP contribution is -2.31. The third-order valence-electron chi connectivity index (χ3n) is 6.14. The molecule has 1 aromatic carbocycles. The van der Waals surface area contributed by atoms with Crippen molar-refractivity contribution in [3.8, 4) is 17.5 Å². The molecule has 0 saturated heterocycles. The van der Waals surface area contributed by atoms with Gasteiger partial charge in [-0.2, -0.15) is 18.4 Å². The summed E-state index contributed by atoms with van der Waals surface area (Å²) in [6.07, 6.45) is 3.13. The number of fused-ring (bicyclic) bond motifs is 1. The highest BCUT2D eigenvalue weighted by atomic mass is 35.5. The standard InChI is InChI=1S/C25H19ClF3N7/c1-14(21-23(32-7-6-31-21)20-5-4-16(10-30)11-33-20)36(12-15-2-3-15)24-18-8-17(26)9-19(25(27,28)29)22(18)34-13-35-24/h4-9,11,13-15H,2-3,12H2,1H3. The fraction of sp³-hybridized carbons (Fsp3) is 0.280. The molecule has 0 radical (unpaired) electrons. The second kappa shape index (κ2) is 9.32. The van der Waals surface area contributed by atoms with Crippen LogP contribution in [0.2, 0.25) is 5.02 Å². The highest BCUT2D eigenvalue weighted by Gasteiger charge is 2.36. The van der Waals surface area contributed by atoms with E-state index in [0.717, 1.165) is 25.2 Å². The molecule has 0 spiro atoms. The predicted octanol–water partition coefficient (Wildman–Crippen LogP) is 6.00. The first kappa shape index (κ1) is 23.9. The first-order chi connectivity index (χ1) is 17.3. The number of hydrogen-bond acceptors (Lipinski definition) is 7. The summed E-state index contributed by atoms with van der Waals surface area (Å²) in [7, 11) is 0. The van der Waals surface area contributed by atoms with Crippen molar-refractivity contribution in [1.29, 1.82) is 5.26 Å². The molecule has 11 heteroatoms. The summed E-state index contributed by atoms with van der Waals surface area (Å²) >= 11 is 6.12. The summed E-state index contributed by atoms with van der Waals surface area (Å²) < 4.78 is 41.4. The molecule has 5 rings (SSSR count). The molecule has 1 aliphatic carbocycles. The van der Waals surface area contributed by atoms with Crippen molar-refractivity contribution in [3.63, 3.8) is 0 Å². The highest BCUT2D eigenvalue weighted by Crippen LogP contribution is 2.41. The van der Waals surface area contributed by atoms with Crippen LogP contribution in [0.15, 0.2) is 49.2 Å². The molecule has 0 amide bonds. The van der Waals surface area contributed by atoms with Crippen LogP contribution in [0.5, 0.6) is 0 Å². The minimum Gasteiger partial charge on any atom is -0.347 e. The lowest BCUT2D eigenvalue weighted by Gasteiger charge is -2.31. The van der Waals surface area contributed by atoms with Crippen LogP contribution in [0.25, 0.3) is 22.3 Å². The fourth-order valence-electron chi connectivity index (χ4n) is 4.17. The largest absolute Gasteiger partial charge is 0.418 e. The van der Waals surface area contributed by atoms with E-state index in [1.165, 1.54) is 12.3 Å². The van der Waals surface area contributed by atoms with Crippen LogP contribution < -0.4 is 4.90 Å². The quantitative estimate of drug-likeness (QED) is 0.314. The van der Waals surface area contributed by atoms with E-state index in [0.29, 0.717) is 40.9 Å².